The van der Waals surface area contributed by atoms with E-state index in [4.69, 9.17) is 4.43 Å². The van der Waals surface area contributed by atoms with Gasteiger partial charge in [-0.1, -0.05) is 102 Å². The number of unbranched alkanes of at least 4 members (excludes halogenated alkanes) is 1. The van der Waals surface area contributed by atoms with Crippen molar-refractivity contribution in [2.24, 2.45) is 11.3 Å². The molecule has 2 nitrogen and oxygen atoms in total. The fourth-order valence-corrected chi connectivity index (χ4v) is 12.2. The highest BCUT2D eigenvalue weighted by atomic mass is 32.2. The molecule has 0 amide bonds. The molecule has 2 aromatic carbocycles. The molecule has 0 N–H and O–H groups in total. The summed E-state index contributed by atoms with van der Waals surface area (Å²) in [5.41, 5.74) is 0.835. The van der Waals surface area contributed by atoms with E-state index in [-0.39, 0.29) is 16.6 Å². The Labute approximate surface area is 224 Å². The monoisotopic (exact) mass is 520 g/mol. The van der Waals surface area contributed by atoms with Crippen molar-refractivity contribution in [3.05, 3.63) is 71.6 Å². The van der Waals surface area contributed by atoms with Crippen LogP contribution in [0.15, 0.2) is 71.6 Å². The van der Waals surface area contributed by atoms with E-state index in [1.165, 1.54) is 23.2 Å². The van der Waals surface area contributed by atoms with Crippen LogP contribution in [-0.2, 0) is 9.22 Å². The van der Waals surface area contributed by atoms with Crippen molar-refractivity contribution in [3.63, 3.8) is 0 Å². The third kappa shape index (κ3) is 5.32. The van der Waals surface area contributed by atoms with Gasteiger partial charge < -0.3 is 4.43 Å². The predicted octanol–water partition coefficient (Wildman–Crippen LogP) is 7.52. The number of benzene rings is 2. The molecule has 194 valence electrons. The molecular formula is C32H44O2SSi. The lowest BCUT2D eigenvalue weighted by atomic mass is 9.58. The summed E-state index contributed by atoms with van der Waals surface area (Å²) in [6.07, 6.45) is 7.50. The van der Waals surface area contributed by atoms with Gasteiger partial charge in [-0.05, 0) is 71.0 Å². The zero-order chi connectivity index (χ0) is 25.8. The van der Waals surface area contributed by atoms with Crippen LogP contribution >= 0.6 is 11.8 Å². The molecule has 0 aromatic heterocycles. The lowest BCUT2D eigenvalue weighted by molar-refractivity contribution is -0.133. The summed E-state index contributed by atoms with van der Waals surface area (Å²) < 4.78 is 7.47. The van der Waals surface area contributed by atoms with Gasteiger partial charge in [0, 0.05) is 17.1 Å². The molecule has 2 aromatic rings. The zero-order valence-electron chi connectivity index (χ0n) is 22.9. The molecule has 0 aliphatic heterocycles. The highest BCUT2D eigenvalue weighted by Crippen LogP contribution is 2.51. The van der Waals surface area contributed by atoms with Gasteiger partial charge in [0.05, 0.1) is 0 Å². The molecule has 4 heteroatoms. The van der Waals surface area contributed by atoms with Gasteiger partial charge in [0.25, 0.3) is 8.32 Å². The Bertz CT molecular complexity index is 1000. The first-order valence-electron chi connectivity index (χ1n) is 13.9. The summed E-state index contributed by atoms with van der Waals surface area (Å²) in [5, 5.41) is 4.84. The fourth-order valence-electron chi connectivity index (χ4n) is 6.45. The Kier molecular flexibility index (Phi) is 8.69. The third-order valence-corrected chi connectivity index (χ3v) is 14.7. The number of Topliss-reactive ketones (excluding diaryl/α,β-unsaturated/α-hetero) is 1. The Balaban J connectivity index is 1.60. The summed E-state index contributed by atoms with van der Waals surface area (Å²) in [6.45, 7) is 11.5. The first kappa shape index (κ1) is 27.4. The molecule has 0 bridgehead atoms. The first-order chi connectivity index (χ1) is 17.2. The molecule has 0 saturated heterocycles. The minimum Gasteiger partial charge on any atom is -0.404 e. The molecule has 4 rings (SSSR count). The first-order valence-corrected chi connectivity index (χ1v) is 16.8. The maximum absolute atomic E-state index is 13.6. The van der Waals surface area contributed by atoms with E-state index in [2.05, 4.69) is 101 Å². The molecule has 36 heavy (non-hydrogen) atoms. The second kappa shape index (κ2) is 11.4. The van der Waals surface area contributed by atoms with E-state index in [0.29, 0.717) is 11.7 Å². The number of hydrogen-bond donors (Lipinski definition) is 0. The number of ketones is 1. The smallest absolute Gasteiger partial charge is 0.261 e. The number of fused-ring (bicyclic) bond motifs is 1. The summed E-state index contributed by atoms with van der Waals surface area (Å²) >= 11 is 1.83. The van der Waals surface area contributed by atoms with Gasteiger partial charge >= 0.3 is 0 Å². The van der Waals surface area contributed by atoms with Crippen LogP contribution in [0.4, 0.5) is 0 Å². The Morgan fingerprint density at radius 3 is 2.19 bits per heavy atom. The van der Waals surface area contributed by atoms with Crippen LogP contribution in [0.2, 0.25) is 5.04 Å². The summed E-state index contributed by atoms with van der Waals surface area (Å²) in [4.78, 5) is 13.6. The SMILES string of the molecule is CCCCS/C=C1\CC[C@@H]2C[C@@H](O[Si](c3ccccc3)(c3ccccc3)C(C)(C)C)CC[C@]2(C)C1=O. The lowest BCUT2D eigenvalue weighted by Gasteiger charge is -2.51. The van der Waals surface area contributed by atoms with E-state index >= 15 is 0 Å². The quantitative estimate of drug-likeness (QED) is 0.205. The van der Waals surface area contributed by atoms with Crippen LogP contribution in [0.1, 0.15) is 79.6 Å². The van der Waals surface area contributed by atoms with Crippen LogP contribution in [0.5, 0.6) is 0 Å². The summed E-state index contributed by atoms with van der Waals surface area (Å²) in [7, 11) is -2.57. The van der Waals surface area contributed by atoms with Gasteiger partial charge in [-0.15, -0.1) is 11.8 Å². The third-order valence-electron chi connectivity index (χ3n) is 8.61. The molecule has 0 radical (unpaired) electrons. The number of hydrogen-bond acceptors (Lipinski definition) is 3. The van der Waals surface area contributed by atoms with E-state index in [1.54, 1.807) is 0 Å². The largest absolute Gasteiger partial charge is 0.404 e. The second-order valence-electron chi connectivity index (χ2n) is 12.0. The molecule has 0 heterocycles. The number of carbonyl (C=O) groups is 1. The van der Waals surface area contributed by atoms with Crippen molar-refractivity contribution < 1.29 is 9.22 Å². The number of rotatable bonds is 8. The topological polar surface area (TPSA) is 26.3 Å². The number of thioether (sulfide) groups is 1. The summed E-state index contributed by atoms with van der Waals surface area (Å²) in [5.74, 6) is 1.92. The van der Waals surface area contributed by atoms with Crippen LogP contribution in [-0.4, -0.2) is 26.0 Å². The molecule has 2 fully saturated rings. The maximum Gasteiger partial charge on any atom is 0.261 e. The van der Waals surface area contributed by atoms with Crippen molar-refractivity contribution >= 4 is 36.2 Å². The minimum absolute atomic E-state index is 0.0234. The van der Waals surface area contributed by atoms with Gasteiger partial charge in [0.15, 0.2) is 5.78 Å². The molecular weight excluding hydrogens is 477 g/mol. The lowest BCUT2D eigenvalue weighted by Crippen LogP contribution is -2.68. The van der Waals surface area contributed by atoms with Crippen molar-refractivity contribution in [2.75, 3.05) is 5.75 Å². The average Bonchev–Trinajstić information content (AvgIpc) is 2.87. The summed E-state index contributed by atoms with van der Waals surface area (Å²) in [6, 6.07) is 21.9. The van der Waals surface area contributed by atoms with E-state index in [1.807, 2.05) is 11.8 Å². The minimum atomic E-state index is -2.57. The Morgan fingerprint density at radius 1 is 1.03 bits per heavy atom. The standard InChI is InChI=1S/C32H44O2SSi/c1-6-7-22-35-24-25-18-19-26-23-27(20-21-32(26,5)30(25)33)34-36(31(2,3)4,28-14-10-8-11-15-28)29-16-12-9-13-17-29/h8-17,24,26-27H,6-7,18-23H2,1-5H3/b25-24+/t26-,27+,32+/m1/s1. The van der Waals surface area contributed by atoms with E-state index in [9.17, 15) is 4.79 Å². The molecule has 2 aliphatic rings. The average molecular weight is 521 g/mol. The van der Waals surface area contributed by atoms with E-state index < -0.39 is 8.32 Å². The number of carbonyl (C=O) groups excluding carboxylic acids is 1. The molecule has 3 atom stereocenters. The highest BCUT2D eigenvalue weighted by Gasteiger charge is 2.54. The molecule has 2 saturated carbocycles. The van der Waals surface area contributed by atoms with Crippen molar-refractivity contribution in [3.8, 4) is 0 Å². The fraction of sp³-hybridized carbons (Fsp3) is 0.531. The number of allylic oxidation sites excluding steroid dienone is 1. The van der Waals surface area contributed by atoms with Crippen molar-refractivity contribution in [2.45, 2.75) is 90.7 Å². The van der Waals surface area contributed by atoms with Crippen LogP contribution in [0.3, 0.4) is 0 Å². The van der Waals surface area contributed by atoms with Gasteiger partial charge in [-0.2, -0.15) is 0 Å². The van der Waals surface area contributed by atoms with Gasteiger partial charge in [-0.3, -0.25) is 4.79 Å². The van der Waals surface area contributed by atoms with Crippen LogP contribution in [0.25, 0.3) is 0 Å². The van der Waals surface area contributed by atoms with E-state index in [0.717, 1.165) is 43.4 Å². The Hall–Kier alpha value is -1.62. The predicted molar refractivity (Wildman–Crippen MR) is 158 cm³/mol. The Morgan fingerprint density at radius 2 is 1.64 bits per heavy atom. The molecule has 2 aliphatic carbocycles. The van der Waals surface area contributed by atoms with Crippen molar-refractivity contribution in [1.82, 2.24) is 0 Å². The maximum atomic E-state index is 13.6. The second-order valence-corrected chi connectivity index (χ2v) is 17.3. The zero-order valence-corrected chi connectivity index (χ0v) is 24.7. The molecule has 0 unspecified atom stereocenters. The van der Waals surface area contributed by atoms with Gasteiger partial charge in [-0.25, -0.2) is 0 Å². The van der Waals surface area contributed by atoms with Gasteiger partial charge in [0.1, 0.15) is 0 Å². The van der Waals surface area contributed by atoms with Crippen LogP contribution < -0.4 is 10.4 Å². The highest BCUT2D eigenvalue weighted by molar-refractivity contribution is 8.02. The van der Waals surface area contributed by atoms with Gasteiger partial charge in [0.2, 0.25) is 0 Å². The van der Waals surface area contributed by atoms with Crippen molar-refractivity contribution in [1.29, 1.82) is 0 Å². The van der Waals surface area contributed by atoms with Crippen LogP contribution in [0, 0.1) is 11.3 Å². The normalized spacial score (nSPS) is 26.1. The molecule has 0 spiro atoms.